The highest BCUT2D eigenvalue weighted by atomic mass is 79.9. The molecule has 0 unspecified atom stereocenters. The van der Waals surface area contributed by atoms with E-state index in [2.05, 4.69) is 26.2 Å². The first-order valence-corrected chi connectivity index (χ1v) is 6.63. The van der Waals surface area contributed by atoms with Crippen molar-refractivity contribution in [3.63, 3.8) is 0 Å². The topological polar surface area (TPSA) is 68.0 Å². The molecule has 2 aromatic rings. The van der Waals surface area contributed by atoms with Crippen LogP contribution in [0.4, 0.5) is 11.4 Å². The molecular weight excluding hydrogens is 330 g/mol. The Balaban J connectivity index is 2.24. The van der Waals surface area contributed by atoms with Crippen LogP contribution >= 0.6 is 27.5 Å². The second-order valence-corrected chi connectivity index (χ2v) is 5.27. The fourth-order valence-corrected chi connectivity index (χ4v) is 2.19. The van der Waals surface area contributed by atoms with Crippen molar-refractivity contribution in [2.24, 2.45) is 0 Å². The number of nitrogens with one attached hydrogen (secondary N) is 1. The van der Waals surface area contributed by atoms with Gasteiger partial charge in [-0.3, -0.25) is 4.79 Å². The zero-order valence-corrected chi connectivity index (χ0v) is 12.4. The van der Waals surface area contributed by atoms with Crippen LogP contribution in [0.3, 0.4) is 0 Å². The van der Waals surface area contributed by atoms with Gasteiger partial charge < -0.3 is 11.1 Å². The van der Waals surface area contributed by atoms with E-state index in [0.717, 1.165) is 10.0 Å². The highest BCUT2D eigenvalue weighted by Crippen LogP contribution is 2.29. The van der Waals surface area contributed by atoms with Crippen molar-refractivity contribution in [3.05, 3.63) is 51.2 Å². The standard InChI is InChI=1S/C13H11BrClN3O/c1-7-4-9(14)12(5-10(7)15)18-13(19)11-3-2-8(16)6-17-11/h2-6H,16H2,1H3,(H,18,19). The quantitative estimate of drug-likeness (QED) is 0.877. The first-order valence-electron chi connectivity index (χ1n) is 5.46. The number of aryl methyl sites for hydroxylation is 1. The fourth-order valence-electron chi connectivity index (χ4n) is 1.47. The van der Waals surface area contributed by atoms with Crippen molar-refractivity contribution in [1.82, 2.24) is 4.98 Å². The van der Waals surface area contributed by atoms with Gasteiger partial charge in [0.05, 0.1) is 17.6 Å². The van der Waals surface area contributed by atoms with Gasteiger partial charge in [-0.1, -0.05) is 11.6 Å². The van der Waals surface area contributed by atoms with E-state index in [1.165, 1.54) is 6.20 Å². The minimum Gasteiger partial charge on any atom is -0.397 e. The molecule has 0 radical (unpaired) electrons. The van der Waals surface area contributed by atoms with Crippen molar-refractivity contribution in [2.75, 3.05) is 11.1 Å². The summed E-state index contributed by atoms with van der Waals surface area (Å²) in [4.78, 5) is 16.0. The lowest BCUT2D eigenvalue weighted by Crippen LogP contribution is -2.14. The maximum atomic E-state index is 12.0. The number of pyridine rings is 1. The Labute approximate surface area is 124 Å². The molecule has 0 fully saturated rings. The summed E-state index contributed by atoms with van der Waals surface area (Å²) in [7, 11) is 0. The summed E-state index contributed by atoms with van der Waals surface area (Å²) in [5.74, 6) is -0.319. The molecule has 1 aromatic heterocycles. The molecule has 2 rings (SSSR count). The average molecular weight is 341 g/mol. The predicted molar refractivity (Wildman–Crippen MR) is 80.5 cm³/mol. The number of nitrogen functional groups attached to an aromatic ring is 1. The zero-order valence-electron chi connectivity index (χ0n) is 10.1. The van der Waals surface area contributed by atoms with E-state index in [9.17, 15) is 4.79 Å². The second-order valence-electron chi connectivity index (χ2n) is 4.01. The number of benzene rings is 1. The van der Waals surface area contributed by atoms with E-state index in [1.807, 2.05) is 13.0 Å². The number of amides is 1. The van der Waals surface area contributed by atoms with Gasteiger partial charge >= 0.3 is 0 Å². The third kappa shape index (κ3) is 3.24. The van der Waals surface area contributed by atoms with Crippen LogP contribution in [-0.4, -0.2) is 10.9 Å². The van der Waals surface area contributed by atoms with Gasteiger partial charge in [-0.15, -0.1) is 0 Å². The Bertz CT molecular complexity index is 629. The first kappa shape index (κ1) is 13.8. The van der Waals surface area contributed by atoms with Crippen LogP contribution in [0.1, 0.15) is 16.1 Å². The van der Waals surface area contributed by atoms with Gasteiger partial charge in [-0.2, -0.15) is 0 Å². The smallest absolute Gasteiger partial charge is 0.274 e. The van der Waals surface area contributed by atoms with E-state index >= 15 is 0 Å². The lowest BCUT2D eigenvalue weighted by atomic mass is 10.2. The molecule has 1 aromatic carbocycles. The molecule has 1 amide bonds. The second kappa shape index (κ2) is 5.59. The Morgan fingerprint density at radius 2 is 2.16 bits per heavy atom. The highest BCUT2D eigenvalue weighted by Gasteiger charge is 2.11. The number of hydrogen-bond donors (Lipinski definition) is 2. The average Bonchev–Trinajstić information content (AvgIpc) is 2.36. The van der Waals surface area contributed by atoms with Crippen molar-refractivity contribution < 1.29 is 4.79 Å². The largest absolute Gasteiger partial charge is 0.397 e. The number of carbonyl (C=O) groups excluding carboxylic acids is 1. The Morgan fingerprint density at radius 1 is 1.42 bits per heavy atom. The summed E-state index contributed by atoms with van der Waals surface area (Å²) < 4.78 is 0.762. The van der Waals surface area contributed by atoms with Crippen LogP contribution in [0.15, 0.2) is 34.9 Å². The molecule has 0 saturated heterocycles. The van der Waals surface area contributed by atoms with Crippen LogP contribution in [0.2, 0.25) is 5.02 Å². The molecule has 0 atom stereocenters. The number of anilines is 2. The highest BCUT2D eigenvalue weighted by molar-refractivity contribution is 9.10. The van der Waals surface area contributed by atoms with Crippen LogP contribution in [0.5, 0.6) is 0 Å². The SMILES string of the molecule is Cc1cc(Br)c(NC(=O)c2ccc(N)cn2)cc1Cl. The Morgan fingerprint density at radius 3 is 2.79 bits per heavy atom. The van der Waals surface area contributed by atoms with E-state index in [0.29, 0.717) is 16.4 Å². The number of halogens is 2. The minimum absolute atomic E-state index is 0.290. The van der Waals surface area contributed by atoms with E-state index in [1.54, 1.807) is 18.2 Å². The van der Waals surface area contributed by atoms with Crippen molar-refractivity contribution in [3.8, 4) is 0 Å². The van der Waals surface area contributed by atoms with Crippen LogP contribution in [0.25, 0.3) is 0 Å². The van der Waals surface area contributed by atoms with Crippen LogP contribution < -0.4 is 11.1 Å². The molecule has 4 nitrogen and oxygen atoms in total. The van der Waals surface area contributed by atoms with E-state index < -0.39 is 0 Å². The molecule has 0 spiro atoms. The molecule has 0 aliphatic rings. The molecule has 1 heterocycles. The third-order valence-electron chi connectivity index (χ3n) is 2.52. The van der Waals surface area contributed by atoms with E-state index in [-0.39, 0.29) is 11.6 Å². The molecule has 19 heavy (non-hydrogen) atoms. The van der Waals surface area contributed by atoms with Gasteiger partial charge in [-0.05, 0) is 52.7 Å². The maximum absolute atomic E-state index is 12.0. The molecule has 0 saturated carbocycles. The third-order valence-corrected chi connectivity index (χ3v) is 3.58. The molecule has 0 bridgehead atoms. The lowest BCUT2D eigenvalue weighted by Gasteiger charge is -2.09. The Hall–Kier alpha value is -1.59. The Kier molecular flexibility index (Phi) is 4.07. The molecule has 98 valence electrons. The molecule has 6 heteroatoms. The number of hydrogen-bond acceptors (Lipinski definition) is 3. The normalized spacial score (nSPS) is 10.3. The maximum Gasteiger partial charge on any atom is 0.274 e. The fraction of sp³-hybridized carbons (Fsp3) is 0.0769. The summed E-state index contributed by atoms with van der Waals surface area (Å²) in [6.45, 7) is 1.89. The number of aromatic nitrogens is 1. The van der Waals surface area contributed by atoms with Gasteiger partial charge in [0.1, 0.15) is 5.69 Å². The molecule has 0 aliphatic heterocycles. The molecular formula is C13H11BrClN3O. The summed E-state index contributed by atoms with van der Waals surface area (Å²) in [6, 6.07) is 6.72. The number of carbonyl (C=O) groups is 1. The first-order chi connectivity index (χ1) is 8.97. The summed E-state index contributed by atoms with van der Waals surface area (Å²) in [5.41, 5.74) is 7.85. The summed E-state index contributed by atoms with van der Waals surface area (Å²) in [6.07, 6.45) is 1.44. The molecule has 0 aliphatic carbocycles. The number of rotatable bonds is 2. The van der Waals surface area contributed by atoms with Crippen LogP contribution in [-0.2, 0) is 0 Å². The predicted octanol–water partition coefficient (Wildman–Crippen LogP) is 3.64. The van der Waals surface area contributed by atoms with Crippen LogP contribution in [0, 0.1) is 6.92 Å². The van der Waals surface area contributed by atoms with Gasteiger partial charge in [0.15, 0.2) is 0 Å². The summed E-state index contributed by atoms with van der Waals surface area (Å²) >= 11 is 9.41. The minimum atomic E-state index is -0.319. The lowest BCUT2D eigenvalue weighted by molar-refractivity contribution is 0.102. The van der Waals surface area contributed by atoms with Crippen molar-refractivity contribution >= 4 is 44.8 Å². The zero-order chi connectivity index (χ0) is 14.0. The number of nitrogens with zero attached hydrogens (tertiary/aromatic N) is 1. The molecule has 3 N–H and O–H groups in total. The van der Waals surface area contributed by atoms with Gasteiger partial charge in [0.2, 0.25) is 0 Å². The summed E-state index contributed by atoms with van der Waals surface area (Å²) in [5, 5.41) is 3.33. The van der Waals surface area contributed by atoms with Gasteiger partial charge in [0.25, 0.3) is 5.91 Å². The van der Waals surface area contributed by atoms with Gasteiger partial charge in [0, 0.05) is 9.50 Å². The van der Waals surface area contributed by atoms with Crippen molar-refractivity contribution in [2.45, 2.75) is 6.92 Å². The van der Waals surface area contributed by atoms with Crippen molar-refractivity contribution in [1.29, 1.82) is 0 Å². The van der Waals surface area contributed by atoms with E-state index in [4.69, 9.17) is 17.3 Å². The number of nitrogens with two attached hydrogens (primary N) is 1. The van der Waals surface area contributed by atoms with Gasteiger partial charge in [-0.25, -0.2) is 4.98 Å². The monoisotopic (exact) mass is 339 g/mol.